The second-order valence-corrected chi connectivity index (χ2v) is 10.9. The van der Waals surface area contributed by atoms with Gasteiger partial charge < -0.3 is 15.1 Å². The Morgan fingerprint density at radius 2 is 1.79 bits per heavy atom. The summed E-state index contributed by atoms with van der Waals surface area (Å²) in [6, 6.07) is 12.9. The summed E-state index contributed by atoms with van der Waals surface area (Å²) < 4.78 is 28.8. The van der Waals surface area contributed by atoms with Crippen LogP contribution in [0.5, 0.6) is 0 Å². The Labute approximate surface area is 220 Å². The number of benzene rings is 1. The van der Waals surface area contributed by atoms with Gasteiger partial charge in [-0.2, -0.15) is 4.98 Å². The highest BCUT2D eigenvalue weighted by Crippen LogP contribution is 2.22. The Hall–Kier alpha value is -4.23. The van der Waals surface area contributed by atoms with E-state index >= 15 is 0 Å². The van der Waals surface area contributed by atoms with Crippen LogP contribution < -0.4 is 20.5 Å². The third kappa shape index (κ3) is 5.38. The number of fused-ring (bicyclic) bond motifs is 1. The molecule has 0 atom stereocenters. The molecule has 1 saturated heterocycles. The van der Waals surface area contributed by atoms with E-state index in [9.17, 15) is 13.2 Å². The standard InChI is InChI=1S/C25H29N9O3S/c1-4-12-33-24(35)20-17-26-25(27-18-8-10-19(11-9-18)32-15-13-31(2)14-16-32)29-23(20)34(33)22-7-5-6-21(28-22)30-38(3,36)37/h4-11,17H,1,12-16H2,2-3H3,(H,28,30)(H,26,27,29). The first kappa shape index (κ1) is 25.4. The summed E-state index contributed by atoms with van der Waals surface area (Å²) in [7, 11) is -1.40. The molecule has 0 unspecified atom stereocenters. The fourth-order valence-electron chi connectivity index (χ4n) is 4.35. The smallest absolute Gasteiger partial charge is 0.278 e. The number of hydrogen-bond acceptors (Lipinski definition) is 9. The molecule has 1 aromatic carbocycles. The van der Waals surface area contributed by atoms with E-state index in [1.165, 1.54) is 21.6 Å². The van der Waals surface area contributed by atoms with Crippen molar-refractivity contribution in [3.63, 3.8) is 0 Å². The summed E-state index contributed by atoms with van der Waals surface area (Å²) in [5, 5.41) is 3.51. The fraction of sp³-hybridized carbons (Fsp3) is 0.280. The molecule has 0 saturated carbocycles. The van der Waals surface area contributed by atoms with E-state index in [4.69, 9.17) is 0 Å². The van der Waals surface area contributed by atoms with Crippen molar-refractivity contribution in [3.8, 4) is 5.82 Å². The van der Waals surface area contributed by atoms with Gasteiger partial charge in [-0.1, -0.05) is 12.1 Å². The van der Waals surface area contributed by atoms with E-state index in [2.05, 4.69) is 60.5 Å². The maximum Gasteiger partial charge on any atom is 0.278 e. The zero-order valence-corrected chi connectivity index (χ0v) is 22.0. The van der Waals surface area contributed by atoms with E-state index in [-0.39, 0.29) is 17.9 Å². The minimum Gasteiger partial charge on any atom is -0.369 e. The van der Waals surface area contributed by atoms with Crippen molar-refractivity contribution < 1.29 is 8.42 Å². The molecule has 0 amide bonds. The minimum absolute atomic E-state index is 0.122. The van der Waals surface area contributed by atoms with E-state index in [0.29, 0.717) is 22.8 Å². The van der Waals surface area contributed by atoms with Crippen LogP contribution in [-0.4, -0.2) is 77.1 Å². The van der Waals surface area contributed by atoms with Crippen molar-refractivity contribution in [2.24, 2.45) is 0 Å². The number of nitrogens with one attached hydrogen (secondary N) is 2. The number of likely N-dealkylation sites (N-methyl/N-ethyl adjacent to an activating group) is 1. The van der Waals surface area contributed by atoms with Gasteiger partial charge in [-0.05, 0) is 43.4 Å². The van der Waals surface area contributed by atoms with Gasteiger partial charge in [-0.3, -0.25) is 9.52 Å². The van der Waals surface area contributed by atoms with E-state index in [0.717, 1.165) is 43.8 Å². The van der Waals surface area contributed by atoms with Gasteiger partial charge in [0.15, 0.2) is 11.5 Å². The number of rotatable bonds is 8. The van der Waals surface area contributed by atoms with Crippen LogP contribution in [0.4, 0.5) is 23.1 Å². The number of nitrogens with zero attached hydrogens (tertiary/aromatic N) is 7. The van der Waals surface area contributed by atoms with Crippen LogP contribution in [0.25, 0.3) is 16.9 Å². The summed E-state index contributed by atoms with van der Waals surface area (Å²) in [5.74, 6) is 0.742. The number of allylic oxidation sites excluding steroid dienone is 1. The molecule has 4 heterocycles. The zero-order chi connectivity index (χ0) is 26.9. The monoisotopic (exact) mass is 535 g/mol. The normalized spacial score (nSPS) is 14.5. The van der Waals surface area contributed by atoms with Crippen LogP contribution in [0.1, 0.15) is 0 Å². The van der Waals surface area contributed by atoms with Gasteiger partial charge in [-0.25, -0.2) is 27.7 Å². The van der Waals surface area contributed by atoms with Crippen LogP contribution in [0.3, 0.4) is 0 Å². The lowest BCUT2D eigenvalue weighted by atomic mass is 10.2. The Bertz CT molecular complexity index is 1640. The lowest BCUT2D eigenvalue weighted by Gasteiger charge is -2.34. The lowest BCUT2D eigenvalue weighted by Crippen LogP contribution is -2.44. The number of piperazine rings is 1. The molecule has 12 nitrogen and oxygen atoms in total. The summed E-state index contributed by atoms with van der Waals surface area (Å²) in [6.45, 7) is 7.97. The maximum absolute atomic E-state index is 13.2. The van der Waals surface area contributed by atoms with Crippen molar-refractivity contribution in [2.75, 3.05) is 54.4 Å². The van der Waals surface area contributed by atoms with Gasteiger partial charge >= 0.3 is 0 Å². The molecular weight excluding hydrogens is 506 g/mol. The molecule has 1 fully saturated rings. The highest BCUT2D eigenvalue weighted by Gasteiger charge is 2.19. The zero-order valence-electron chi connectivity index (χ0n) is 21.2. The number of sulfonamides is 1. The number of aromatic nitrogens is 5. The molecule has 5 rings (SSSR count). The predicted molar refractivity (Wildman–Crippen MR) is 149 cm³/mol. The van der Waals surface area contributed by atoms with Crippen LogP contribution in [0, 0.1) is 0 Å². The molecule has 38 heavy (non-hydrogen) atoms. The van der Waals surface area contributed by atoms with Gasteiger partial charge in [0.05, 0.1) is 12.8 Å². The maximum atomic E-state index is 13.2. The third-order valence-corrected chi connectivity index (χ3v) is 6.79. The average molecular weight is 536 g/mol. The van der Waals surface area contributed by atoms with Gasteiger partial charge in [0.25, 0.3) is 5.56 Å². The van der Waals surface area contributed by atoms with Crippen molar-refractivity contribution in [1.82, 2.24) is 29.2 Å². The van der Waals surface area contributed by atoms with Gasteiger partial charge in [-0.15, -0.1) is 6.58 Å². The van der Waals surface area contributed by atoms with Crippen molar-refractivity contribution in [2.45, 2.75) is 6.54 Å². The van der Waals surface area contributed by atoms with Crippen LogP contribution in [-0.2, 0) is 16.6 Å². The molecule has 2 N–H and O–H groups in total. The molecule has 1 aliphatic rings. The Balaban J connectivity index is 1.49. The number of hydrogen-bond donors (Lipinski definition) is 2. The van der Waals surface area contributed by atoms with Crippen LogP contribution in [0.2, 0.25) is 0 Å². The third-order valence-electron chi connectivity index (χ3n) is 6.21. The van der Waals surface area contributed by atoms with Gasteiger partial charge in [0.1, 0.15) is 11.2 Å². The Morgan fingerprint density at radius 3 is 2.47 bits per heavy atom. The molecule has 0 bridgehead atoms. The Morgan fingerprint density at radius 1 is 1.05 bits per heavy atom. The first-order valence-electron chi connectivity index (χ1n) is 12.1. The molecule has 13 heteroatoms. The van der Waals surface area contributed by atoms with E-state index in [1.807, 2.05) is 12.1 Å². The van der Waals surface area contributed by atoms with Crippen molar-refractivity contribution in [1.29, 1.82) is 0 Å². The second kappa shape index (κ2) is 10.3. The molecular formula is C25H29N9O3S. The Kier molecular flexibility index (Phi) is 6.87. The van der Waals surface area contributed by atoms with Crippen LogP contribution >= 0.6 is 0 Å². The molecule has 198 valence electrons. The molecule has 0 spiro atoms. The van der Waals surface area contributed by atoms with Gasteiger partial charge in [0, 0.05) is 43.8 Å². The van der Waals surface area contributed by atoms with E-state index in [1.54, 1.807) is 18.2 Å². The number of anilines is 4. The SMILES string of the molecule is C=CCn1c(=O)c2cnc(Nc3ccc(N4CCN(C)CC4)cc3)nc2n1-c1cccc(NS(C)(=O)=O)n1. The topological polar surface area (TPSA) is 130 Å². The molecule has 4 aromatic rings. The number of pyridine rings is 1. The van der Waals surface area contributed by atoms with Gasteiger partial charge in [0.2, 0.25) is 16.0 Å². The summed E-state index contributed by atoms with van der Waals surface area (Å²) in [4.78, 5) is 31.2. The molecule has 0 aliphatic carbocycles. The minimum atomic E-state index is -3.54. The van der Waals surface area contributed by atoms with Crippen LogP contribution in [0.15, 0.2) is 66.1 Å². The largest absolute Gasteiger partial charge is 0.369 e. The first-order valence-corrected chi connectivity index (χ1v) is 14.0. The predicted octanol–water partition coefficient (Wildman–Crippen LogP) is 2.03. The highest BCUT2D eigenvalue weighted by atomic mass is 32.2. The summed E-state index contributed by atoms with van der Waals surface area (Å²) in [5.41, 5.74) is 1.97. The first-order chi connectivity index (χ1) is 18.2. The molecule has 0 radical (unpaired) electrons. The fourth-order valence-corrected chi connectivity index (χ4v) is 4.84. The summed E-state index contributed by atoms with van der Waals surface area (Å²) in [6.07, 6.45) is 4.10. The average Bonchev–Trinajstić information content (AvgIpc) is 3.15. The second-order valence-electron chi connectivity index (χ2n) is 9.14. The highest BCUT2D eigenvalue weighted by molar-refractivity contribution is 7.92. The van der Waals surface area contributed by atoms with E-state index < -0.39 is 10.0 Å². The molecule has 1 aliphatic heterocycles. The van der Waals surface area contributed by atoms with Crippen molar-refractivity contribution in [3.05, 3.63) is 71.7 Å². The lowest BCUT2D eigenvalue weighted by molar-refractivity contribution is 0.313. The molecule has 3 aromatic heterocycles. The summed E-state index contributed by atoms with van der Waals surface area (Å²) >= 11 is 0. The quantitative estimate of drug-likeness (QED) is 0.326. The van der Waals surface area contributed by atoms with Crippen molar-refractivity contribution >= 4 is 44.2 Å².